The molecule has 4 rings (SSSR count). The van der Waals surface area contributed by atoms with Gasteiger partial charge in [0.2, 0.25) is 5.91 Å². The number of rotatable bonds is 4. The minimum Gasteiger partial charge on any atom is -0.543 e. The molecule has 3 aliphatic heterocycles. The van der Waals surface area contributed by atoms with Gasteiger partial charge in [-0.05, 0) is 31.5 Å². The van der Waals surface area contributed by atoms with Gasteiger partial charge in [-0.1, -0.05) is 42.1 Å². The first-order valence-corrected chi connectivity index (χ1v) is 11.1. The van der Waals surface area contributed by atoms with Gasteiger partial charge in [-0.25, -0.2) is 4.21 Å². The van der Waals surface area contributed by atoms with Crippen LogP contribution in [0.15, 0.2) is 58.0 Å². The van der Waals surface area contributed by atoms with Crippen LogP contribution in [0.2, 0.25) is 0 Å². The number of aliphatic carboxylic acids is 1. The number of amides is 1. The number of hydrogen-bond donors (Lipinski definition) is 1. The predicted molar refractivity (Wildman–Crippen MR) is 108 cm³/mol. The largest absolute Gasteiger partial charge is 1.00 e. The molecule has 0 spiro atoms. The molecule has 1 fully saturated rings. The number of fused-ring (bicyclic) bond motifs is 3. The number of thioether (sulfide) groups is 1. The third kappa shape index (κ3) is 3.72. The van der Waals surface area contributed by atoms with E-state index in [1.807, 2.05) is 43.3 Å². The summed E-state index contributed by atoms with van der Waals surface area (Å²) in [5.74, 6) is -2.54. The second kappa shape index (κ2) is 9.02. The van der Waals surface area contributed by atoms with Gasteiger partial charge < -0.3 is 15.0 Å². The Hall–Kier alpha value is -1.36. The number of carboxylic acid groups (broad SMARTS) is 1. The van der Waals surface area contributed by atoms with E-state index in [2.05, 4.69) is 0 Å². The third-order valence-corrected chi connectivity index (χ3v) is 8.11. The van der Waals surface area contributed by atoms with Crippen LogP contribution < -0.4 is 39.0 Å². The van der Waals surface area contributed by atoms with Gasteiger partial charge in [0, 0.05) is 4.91 Å². The van der Waals surface area contributed by atoms with E-state index in [0.717, 1.165) is 11.3 Å². The fourth-order valence-corrected chi connectivity index (χ4v) is 6.85. The molecule has 7 nitrogen and oxygen atoms in total. The van der Waals surface area contributed by atoms with Crippen molar-refractivity contribution in [1.82, 2.24) is 4.90 Å². The summed E-state index contributed by atoms with van der Waals surface area (Å²) in [5, 5.41) is 21.2. The average Bonchev–Trinajstić information content (AvgIpc) is 3.07. The molecule has 3 aliphatic rings. The molecule has 0 saturated carbocycles. The van der Waals surface area contributed by atoms with Crippen molar-refractivity contribution in [1.29, 1.82) is 0 Å². The number of carboxylic acids is 1. The Morgan fingerprint density at radius 2 is 1.90 bits per heavy atom. The fraction of sp³-hybridized carbons (Fsp3) is 0.300. The summed E-state index contributed by atoms with van der Waals surface area (Å²) in [7, 11) is -1.51. The van der Waals surface area contributed by atoms with Gasteiger partial charge in [0.05, 0.1) is 40.8 Å². The second-order valence-electron chi connectivity index (χ2n) is 7.00. The van der Waals surface area contributed by atoms with E-state index in [9.17, 15) is 24.0 Å². The molecule has 10 heteroatoms. The van der Waals surface area contributed by atoms with E-state index in [-0.39, 0.29) is 41.8 Å². The van der Waals surface area contributed by atoms with E-state index in [0.29, 0.717) is 9.80 Å². The van der Waals surface area contributed by atoms with Crippen molar-refractivity contribution in [2.24, 2.45) is 5.92 Å². The third-order valence-electron chi connectivity index (χ3n) is 5.21. The van der Waals surface area contributed by atoms with Gasteiger partial charge in [0.25, 0.3) is 0 Å². The number of nitrogens with zero attached hydrogens (tertiary/aromatic N) is 2. The first kappa shape index (κ1) is 23.3. The average molecular weight is 455 g/mol. The second-order valence-corrected chi connectivity index (χ2v) is 9.59. The molecular weight excluding hydrogens is 435 g/mol. The van der Waals surface area contributed by atoms with Crippen molar-refractivity contribution in [2.45, 2.75) is 30.2 Å². The maximum Gasteiger partial charge on any atom is 1.00 e. The summed E-state index contributed by atoms with van der Waals surface area (Å²) in [6.45, 7) is 3.45. The molecular formula is C20H19N2NaO5S2. The Morgan fingerprint density at radius 3 is 2.53 bits per heavy atom. The maximum atomic E-state index is 13.1. The minimum atomic E-state index is -1.51. The summed E-state index contributed by atoms with van der Waals surface area (Å²) in [5.41, 5.74) is 1.38. The van der Waals surface area contributed by atoms with Crippen LogP contribution in [-0.4, -0.2) is 44.1 Å². The van der Waals surface area contributed by atoms with Gasteiger partial charge in [-0.2, -0.15) is 0 Å². The Kier molecular flexibility index (Phi) is 7.01. The molecule has 1 N–H and O–H groups in total. The number of hydrogen-bond acceptors (Lipinski definition) is 6. The zero-order valence-electron chi connectivity index (χ0n) is 16.8. The van der Waals surface area contributed by atoms with Gasteiger partial charge in [0.15, 0.2) is 11.0 Å². The SMILES string of the molecule is Cc1c2cccccccc1S(=O)N2CC1=C(C(=O)[O-])N2C(=O)C(C(C)O)C2S1.[Na+]. The molecule has 1 aromatic rings. The first-order valence-electron chi connectivity index (χ1n) is 9.07. The number of β-lactam (4-membered cyclic amide) rings is 1. The molecule has 4 unspecified atom stereocenters. The van der Waals surface area contributed by atoms with Gasteiger partial charge in [-0.3, -0.25) is 14.0 Å². The molecule has 0 aliphatic carbocycles. The quantitative estimate of drug-likeness (QED) is 0.411. The van der Waals surface area contributed by atoms with E-state index in [1.165, 1.54) is 23.6 Å². The molecule has 2 bridgehead atoms. The van der Waals surface area contributed by atoms with Crippen molar-refractivity contribution in [3.05, 3.63) is 58.6 Å². The van der Waals surface area contributed by atoms with Gasteiger partial charge >= 0.3 is 29.6 Å². The fourth-order valence-electron chi connectivity index (χ4n) is 3.75. The van der Waals surface area contributed by atoms with Crippen molar-refractivity contribution in [3.63, 3.8) is 0 Å². The molecule has 4 atom stereocenters. The standard InChI is InChI=1S/C20H20N2O5S2.Na/c1-11-13-8-6-4-3-5-7-9-15(11)29(27)21(13)10-14-17(20(25)26)22-18(24)16(12(2)23)19(22)28-14;/h3-9,12,16,19,23H,10H2,1-2H3,(H,25,26);/q;+1/p-1. The smallest absolute Gasteiger partial charge is 0.543 e. The molecule has 30 heavy (non-hydrogen) atoms. The number of aliphatic hydroxyl groups excluding tert-OH is 1. The topological polar surface area (TPSA) is 101 Å². The zero-order valence-corrected chi connectivity index (χ0v) is 20.4. The Bertz CT molecular complexity index is 1030. The maximum absolute atomic E-state index is 13.1. The Morgan fingerprint density at radius 1 is 1.27 bits per heavy atom. The normalized spacial score (nSPS) is 24.6. The van der Waals surface area contributed by atoms with Crippen LogP contribution in [0.4, 0.5) is 5.69 Å². The van der Waals surface area contributed by atoms with E-state index in [1.54, 1.807) is 10.4 Å². The van der Waals surface area contributed by atoms with E-state index >= 15 is 0 Å². The summed E-state index contributed by atoms with van der Waals surface area (Å²) in [6.07, 6.45) is -0.880. The monoisotopic (exact) mass is 454 g/mol. The summed E-state index contributed by atoms with van der Waals surface area (Å²) in [6, 6.07) is 12.8. The minimum absolute atomic E-state index is 0. The van der Waals surface area contributed by atoms with Crippen molar-refractivity contribution < 1.29 is 53.6 Å². The van der Waals surface area contributed by atoms with Gasteiger partial charge in [-0.15, -0.1) is 0 Å². The molecule has 1 saturated heterocycles. The predicted octanol–water partition coefficient (Wildman–Crippen LogP) is -2.16. The molecule has 152 valence electrons. The number of aliphatic hydroxyl groups is 1. The van der Waals surface area contributed by atoms with Crippen molar-refractivity contribution >= 4 is 40.3 Å². The molecule has 0 radical (unpaired) electrons. The Labute approximate surface area is 203 Å². The number of anilines is 1. The van der Waals surface area contributed by atoms with Crippen LogP contribution in [0.25, 0.3) is 0 Å². The van der Waals surface area contributed by atoms with E-state index in [4.69, 9.17) is 0 Å². The summed E-state index contributed by atoms with van der Waals surface area (Å²) in [4.78, 5) is 26.4. The number of carbonyl (C=O) groups excluding carboxylic acids is 2. The Balaban J connectivity index is 0.00000256. The van der Waals surface area contributed by atoms with E-state index < -0.39 is 40.3 Å². The van der Waals surface area contributed by atoms with Crippen molar-refractivity contribution in [3.8, 4) is 0 Å². The summed E-state index contributed by atoms with van der Waals surface area (Å²) >= 11 is 1.21. The molecule has 3 heterocycles. The van der Waals surface area contributed by atoms with Crippen LogP contribution in [0.3, 0.4) is 0 Å². The first-order chi connectivity index (χ1) is 13.8. The zero-order chi connectivity index (χ0) is 20.9. The summed E-state index contributed by atoms with van der Waals surface area (Å²) < 4.78 is 14.8. The van der Waals surface area contributed by atoms with Gasteiger partial charge in [0.1, 0.15) is 5.37 Å². The van der Waals surface area contributed by atoms with Crippen LogP contribution >= 0.6 is 11.8 Å². The van der Waals surface area contributed by atoms with Crippen LogP contribution in [0.1, 0.15) is 12.5 Å². The molecule has 0 aromatic heterocycles. The van der Waals surface area contributed by atoms with Crippen molar-refractivity contribution in [2.75, 3.05) is 10.8 Å². The van der Waals surface area contributed by atoms with Crippen LogP contribution in [-0.2, 0) is 20.6 Å². The van der Waals surface area contributed by atoms with Crippen LogP contribution in [0, 0.1) is 12.8 Å². The molecule has 1 amide bonds. The number of carbonyl (C=O) groups is 2. The van der Waals surface area contributed by atoms with Crippen LogP contribution in [0.5, 0.6) is 0 Å². The molecule has 1 aromatic carbocycles.